The van der Waals surface area contributed by atoms with E-state index in [0.29, 0.717) is 24.8 Å². The fraction of sp³-hybridized carbons (Fsp3) is 0.714. The van der Waals surface area contributed by atoms with Crippen molar-refractivity contribution in [2.24, 2.45) is 0 Å². The molecule has 0 atom stereocenters. The number of hydrogen-bond acceptors (Lipinski definition) is 4. The highest BCUT2D eigenvalue weighted by Crippen LogP contribution is 2.26. The average molecular weight is 313 g/mol. The van der Waals surface area contributed by atoms with Crippen LogP contribution in [0.25, 0.3) is 0 Å². The van der Waals surface area contributed by atoms with Crippen molar-refractivity contribution in [3.63, 3.8) is 0 Å². The summed E-state index contributed by atoms with van der Waals surface area (Å²) >= 11 is 0. The Labute approximate surface area is 125 Å². The van der Waals surface area contributed by atoms with Gasteiger partial charge in [0.05, 0.1) is 11.5 Å². The van der Waals surface area contributed by atoms with Crippen molar-refractivity contribution in [2.45, 2.75) is 43.2 Å². The van der Waals surface area contributed by atoms with Crippen LogP contribution in [-0.2, 0) is 16.6 Å². The molecule has 1 aromatic rings. The Morgan fingerprint density at radius 3 is 2.43 bits per heavy atom. The smallest absolute Gasteiger partial charge is 0.244 e. The zero-order valence-electron chi connectivity index (χ0n) is 12.2. The average Bonchev–Trinajstić information content (AvgIpc) is 3.19. The van der Waals surface area contributed by atoms with E-state index in [0.717, 1.165) is 13.1 Å². The number of nitrogens with one attached hydrogen (secondary N) is 1. The maximum Gasteiger partial charge on any atom is 0.244 e. The largest absolute Gasteiger partial charge is 0.390 e. The number of aromatic amines is 1. The summed E-state index contributed by atoms with van der Waals surface area (Å²) in [7, 11) is -3.43. The van der Waals surface area contributed by atoms with Crippen molar-refractivity contribution >= 4 is 10.0 Å². The van der Waals surface area contributed by atoms with Gasteiger partial charge in [-0.2, -0.15) is 4.31 Å². The molecule has 2 N–H and O–H groups in total. The van der Waals surface area contributed by atoms with Crippen molar-refractivity contribution in [1.29, 1.82) is 0 Å². The number of aliphatic hydroxyl groups is 1. The summed E-state index contributed by atoms with van der Waals surface area (Å²) in [5, 5.41) is 9.04. The molecule has 3 rings (SSSR count). The first-order chi connectivity index (χ1) is 10.1. The first kappa shape index (κ1) is 15.0. The van der Waals surface area contributed by atoms with Gasteiger partial charge in [-0.3, -0.25) is 4.90 Å². The van der Waals surface area contributed by atoms with Crippen LogP contribution < -0.4 is 0 Å². The molecule has 2 aliphatic rings. The summed E-state index contributed by atoms with van der Waals surface area (Å²) in [4.78, 5) is 5.48. The van der Waals surface area contributed by atoms with Crippen LogP contribution in [0.1, 0.15) is 31.4 Å². The van der Waals surface area contributed by atoms with Crippen molar-refractivity contribution in [2.75, 3.05) is 26.2 Å². The minimum Gasteiger partial charge on any atom is -0.390 e. The molecule has 0 bridgehead atoms. The van der Waals surface area contributed by atoms with Gasteiger partial charge in [0, 0.05) is 44.1 Å². The number of nitrogens with zero attached hydrogens (tertiary/aromatic N) is 2. The molecule has 1 saturated carbocycles. The molecule has 1 aromatic heterocycles. The second-order valence-corrected chi connectivity index (χ2v) is 7.84. The van der Waals surface area contributed by atoms with Crippen LogP contribution in [0.15, 0.2) is 17.2 Å². The van der Waals surface area contributed by atoms with E-state index >= 15 is 0 Å². The molecule has 0 amide bonds. The van der Waals surface area contributed by atoms with E-state index in [2.05, 4.69) is 9.88 Å². The molecular weight excluding hydrogens is 290 g/mol. The van der Waals surface area contributed by atoms with Gasteiger partial charge in [-0.1, -0.05) is 12.8 Å². The SMILES string of the molecule is O=S(=O)(c1c[nH]c(CO)c1)N1CCN(C2CCCC2)CC1. The highest BCUT2D eigenvalue weighted by Gasteiger charge is 2.32. The molecule has 21 heavy (non-hydrogen) atoms. The monoisotopic (exact) mass is 313 g/mol. The summed E-state index contributed by atoms with van der Waals surface area (Å²) in [5.41, 5.74) is 0.526. The fourth-order valence-electron chi connectivity index (χ4n) is 3.39. The Kier molecular flexibility index (Phi) is 4.35. The van der Waals surface area contributed by atoms with Crippen LogP contribution in [0, 0.1) is 0 Å². The van der Waals surface area contributed by atoms with Crippen LogP contribution in [0.4, 0.5) is 0 Å². The number of H-pyrrole nitrogens is 1. The maximum atomic E-state index is 12.6. The lowest BCUT2D eigenvalue weighted by Gasteiger charge is -2.37. The van der Waals surface area contributed by atoms with Crippen LogP contribution in [0.3, 0.4) is 0 Å². The Morgan fingerprint density at radius 1 is 1.19 bits per heavy atom. The number of aliphatic hydroxyl groups excluding tert-OH is 1. The molecule has 0 spiro atoms. The molecule has 2 fully saturated rings. The second-order valence-electron chi connectivity index (χ2n) is 5.90. The lowest BCUT2D eigenvalue weighted by atomic mass is 10.2. The quantitative estimate of drug-likeness (QED) is 0.860. The minimum atomic E-state index is -3.43. The van der Waals surface area contributed by atoms with Crippen LogP contribution in [0.5, 0.6) is 0 Å². The molecule has 7 heteroatoms. The van der Waals surface area contributed by atoms with E-state index in [1.54, 1.807) is 4.31 Å². The third kappa shape index (κ3) is 3.01. The molecule has 1 aliphatic carbocycles. The van der Waals surface area contributed by atoms with E-state index in [9.17, 15) is 8.42 Å². The highest BCUT2D eigenvalue weighted by atomic mass is 32.2. The lowest BCUT2D eigenvalue weighted by molar-refractivity contribution is 0.139. The summed E-state index contributed by atoms with van der Waals surface area (Å²) in [6.07, 6.45) is 6.58. The maximum absolute atomic E-state index is 12.6. The first-order valence-electron chi connectivity index (χ1n) is 7.63. The Hall–Kier alpha value is -0.890. The van der Waals surface area contributed by atoms with Gasteiger partial charge in [0.2, 0.25) is 10.0 Å². The molecule has 118 valence electrons. The molecule has 2 heterocycles. The van der Waals surface area contributed by atoms with Gasteiger partial charge in [-0.25, -0.2) is 8.42 Å². The predicted molar refractivity (Wildman–Crippen MR) is 79.3 cm³/mol. The Balaban J connectivity index is 1.65. The van der Waals surface area contributed by atoms with Gasteiger partial charge in [-0.15, -0.1) is 0 Å². The Morgan fingerprint density at radius 2 is 1.86 bits per heavy atom. The summed E-state index contributed by atoms with van der Waals surface area (Å²) in [5.74, 6) is 0. The first-order valence-corrected chi connectivity index (χ1v) is 9.07. The predicted octanol–water partition coefficient (Wildman–Crippen LogP) is 0.756. The molecule has 0 radical (unpaired) electrons. The Bertz CT molecular complexity index is 570. The normalized spacial score (nSPS) is 22.9. The third-order valence-electron chi connectivity index (χ3n) is 4.64. The van der Waals surface area contributed by atoms with E-state index < -0.39 is 10.0 Å². The minimum absolute atomic E-state index is 0.176. The standard InChI is InChI=1S/C14H23N3O3S/c18-11-12-9-14(10-15-12)21(19,20)17-7-5-16(6-8-17)13-3-1-2-4-13/h9-10,13,15,18H,1-8,11H2. The lowest BCUT2D eigenvalue weighted by Crippen LogP contribution is -2.51. The van der Waals surface area contributed by atoms with Gasteiger partial charge in [0.25, 0.3) is 0 Å². The van der Waals surface area contributed by atoms with Crippen LogP contribution >= 0.6 is 0 Å². The summed E-state index contributed by atoms with van der Waals surface area (Å²) in [6, 6.07) is 2.17. The number of aromatic nitrogens is 1. The van der Waals surface area contributed by atoms with Crippen molar-refractivity contribution in [1.82, 2.24) is 14.2 Å². The topological polar surface area (TPSA) is 76.6 Å². The van der Waals surface area contributed by atoms with E-state index in [4.69, 9.17) is 5.11 Å². The van der Waals surface area contributed by atoms with Gasteiger partial charge in [-0.05, 0) is 18.9 Å². The molecular formula is C14H23N3O3S. The zero-order valence-corrected chi connectivity index (χ0v) is 13.0. The molecule has 0 aromatic carbocycles. The number of hydrogen-bond donors (Lipinski definition) is 2. The fourth-order valence-corrected chi connectivity index (χ4v) is 4.83. The van der Waals surface area contributed by atoms with Crippen LogP contribution in [0.2, 0.25) is 0 Å². The van der Waals surface area contributed by atoms with Crippen molar-refractivity contribution in [3.8, 4) is 0 Å². The number of rotatable bonds is 4. The van der Waals surface area contributed by atoms with E-state index in [1.807, 2.05) is 0 Å². The highest BCUT2D eigenvalue weighted by molar-refractivity contribution is 7.89. The third-order valence-corrected chi connectivity index (χ3v) is 6.52. The number of sulfonamides is 1. The van der Waals surface area contributed by atoms with Crippen LogP contribution in [-0.4, -0.2) is 59.9 Å². The van der Waals surface area contributed by atoms with Gasteiger partial charge >= 0.3 is 0 Å². The van der Waals surface area contributed by atoms with E-state index in [-0.39, 0.29) is 11.5 Å². The van der Waals surface area contributed by atoms with Crippen molar-refractivity contribution in [3.05, 3.63) is 18.0 Å². The zero-order chi connectivity index (χ0) is 14.9. The molecule has 1 aliphatic heterocycles. The molecule has 6 nitrogen and oxygen atoms in total. The van der Waals surface area contributed by atoms with Gasteiger partial charge in [0.15, 0.2) is 0 Å². The second kappa shape index (κ2) is 6.08. The molecule has 0 unspecified atom stereocenters. The van der Waals surface area contributed by atoms with Crippen molar-refractivity contribution < 1.29 is 13.5 Å². The van der Waals surface area contributed by atoms with Gasteiger partial charge in [0.1, 0.15) is 0 Å². The summed E-state index contributed by atoms with van der Waals surface area (Å²) < 4.78 is 26.7. The number of piperazine rings is 1. The summed E-state index contributed by atoms with van der Waals surface area (Å²) in [6.45, 7) is 2.57. The molecule has 1 saturated heterocycles. The van der Waals surface area contributed by atoms with Gasteiger partial charge < -0.3 is 10.1 Å². The van der Waals surface area contributed by atoms with E-state index in [1.165, 1.54) is 37.9 Å².